The van der Waals surface area contributed by atoms with E-state index < -0.39 is 0 Å². The first kappa shape index (κ1) is 20.6. The lowest BCUT2D eigenvalue weighted by molar-refractivity contribution is 0.102. The van der Waals surface area contributed by atoms with Crippen LogP contribution in [-0.4, -0.2) is 61.0 Å². The Kier molecular flexibility index (Phi) is 8.00. The number of aromatic nitrogens is 2. The van der Waals surface area contributed by atoms with Gasteiger partial charge >= 0.3 is 0 Å². The number of benzene rings is 1. The summed E-state index contributed by atoms with van der Waals surface area (Å²) in [5.41, 5.74) is 2.17. The second-order valence-electron chi connectivity index (χ2n) is 6.54. The lowest BCUT2D eigenvalue weighted by Crippen LogP contribution is -2.21. The molecule has 0 saturated heterocycles. The molecule has 0 atom stereocenters. The van der Waals surface area contributed by atoms with Gasteiger partial charge in [-0.2, -0.15) is 0 Å². The first-order valence-corrected chi connectivity index (χ1v) is 9.40. The summed E-state index contributed by atoms with van der Waals surface area (Å²) in [4.78, 5) is 25.2. The third-order valence-corrected chi connectivity index (χ3v) is 4.23. The second kappa shape index (κ2) is 10.5. The molecule has 1 aromatic carbocycles. The fourth-order valence-corrected chi connectivity index (χ4v) is 2.69. The summed E-state index contributed by atoms with van der Waals surface area (Å²) < 4.78 is 0. The molecule has 7 heteroatoms. The Hall–Kier alpha value is -2.67. The van der Waals surface area contributed by atoms with E-state index in [2.05, 4.69) is 44.2 Å². The third kappa shape index (κ3) is 6.53. The van der Waals surface area contributed by atoms with Crippen LogP contribution in [0.1, 0.15) is 30.8 Å². The number of rotatable bonds is 10. The molecule has 1 heterocycles. The number of carbonyl (C=O) groups excluding carboxylic acids is 1. The molecule has 0 fully saturated rings. The molecule has 0 unspecified atom stereocenters. The van der Waals surface area contributed by atoms with E-state index in [1.807, 2.05) is 38.4 Å². The molecule has 0 aliphatic rings. The van der Waals surface area contributed by atoms with Crippen LogP contribution in [0.25, 0.3) is 0 Å². The Morgan fingerprint density at radius 1 is 1.04 bits per heavy atom. The summed E-state index contributed by atoms with van der Waals surface area (Å²) in [6, 6.07) is 7.82. The van der Waals surface area contributed by atoms with Crippen molar-refractivity contribution in [3.63, 3.8) is 0 Å². The van der Waals surface area contributed by atoms with Crippen LogP contribution >= 0.6 is 0 Å². The van der Waals surface area contributed by atoms with Crippen molar-refractivity contribution in [3.05, 3.63) is 42.4 Å². The highest BCUT2D eigenvalue weighted by atomic mass is 16.1. The van der Waals surface area contributed by atoms with Gasteiger partial charge in [0.05, 0.1) is 12.4 Å². The first-order valence-electron chi connectivity index (χ1n) is 9.40. The van der Waals surface area contributed by atoms with Crippen molar-refractivity contribution in [3.8, 4) is 0 Å². The number of amides is 1. The van der Waals surface area contributed by atoms with Gasteiger partial charge in [-0.3, -0.25) is 4.79 Å². The summed E-state index contributed by atoms with van der Waals surface area (Å²) in [5.74, 6) is 0.408. The largest absolute Gasteiger partial charge is 0.372 e. The Bertz CT molecular complexity index is 695. The number of hydrogen-bond donors (Lipinski definition) is 2. The molecule has 2 rings (SSSR count). The smallest absolute Gasteiger partial charge is 0.275 e. The highest BCUT2D eigenvalue weighted by Gasteiger charge is 2.09. The van der Waals surface area contributed by atoms with E-state index in [0.717, 1.165) is 44.0 Å². The van der Waals surface area contributed by atoms with Gasteiger partial charge in [0, 0.05) is 31.0 Å². The van der Waals surface area contributed by atoms with Crippen LogP contribution in [0.5, 0.6) is 0 Å². The molecule has 146 valence electrons. The molecule has 0 bridgehead atoms. The van der Waals surface area contributed by atoms with Gasteiger partial charge in [0.15, 0.2) is 0 Å². The zero-order chi connectivity index (χ0) is 19.6. The van der Waals surface area contributed by atoms with Gasteiger partial charge < -0.3 is 20.4 Å². The zero-order valence-corrected chi connectivity index (χ0v) is 16.7. The van der Waals surface area contributed by atoms with Crippen molar-refractivity contribution in [1.82, 2.24) is 14.9 Å². The molecule has 7 nitrogen and oxygen atoms in total. The number of hydrogen-bond acceptors (Lipinski definition) is 6. The predicted octanol–water partition coefficient (Wildman–Crippen LogP) is 2.94. The molecular weight excluding hydrogens is 340 g/mol. The first-order chi connectivity index (χ1) is 13.0. The lowest BCUT2D eigenvalue weighted by atomic mass is 10.2. The molecule has 0 spiro atoms. The third-order valence-electron chi connectivity index (χ3n) is 4.23. The fourth-order valence-electron chi connectivity index (χ4n) is 2.69. The molecule has 0 radical (unpaired) electrons. The number of nitrogens with one attached hydrogen (secondary N) is 2. The minimum absolute atomic E-state index is 0.266. The summed E-state index contributed by atoms with van der Waals surface area (Å²) in [6.45, 7) is 7.98. The van der Waals surface area contributed by atoms with Gasteiger partial charge in [0.25, 0.3) is 5.91 Å². The average molecular weight is 371 g/mol. The van der Waals surface area contributed by atoms with Crippen molar-refractivity contribution in [1.29, 1.82) is 0 Å². The summed E-state index contributed by atoms with van der Waals surface area (Å²) in [5, 5.41) is 6.07. The van der Waals surface area contributed by atoms with Crippen molar-refractivity contribution in [2.24, 2.45) is 0 Å². The molecule has 1 aromatic heterocycles. The fraction of sp³-hybridized carbons (Fsp3) is 0.450. The molecule has 1 amide bonds. The van der Waals surface area contributed by atoms with Crippen LogP contribution < -0.4 is 15.5 Å². The van der Waals surface area contributed by atoms with Crippen LogP contribution in [-0.2, 0) is 0 Å². The standard InChI is InChI=1S/C20H30N6O/c1-5-26(6-2)17-10-8-16(9-11-17)24-20(27)18-14-23-19(15-22-18)21-12-7-13-25(3)4/h8-11,14-15H,5-7,12-13H2,1-4H3,(H,21,23)(H,24,27). The Morgan fingerprint density at radius 3 is 2.30 bits per heavy atom. The minimum atomic E-state index is -0.266. The van der Waals surface area contributed by atoms with Crippen molar-refractivity contribution < 1.29 is 4.79 Å². The summed E-state index contributed by atoms with van der Waals surface area (Å²) >= 11 is 0. The van der Waals surface area contributed by atoms with E-state index in [4.69, 9.17) is 0 Å². The Morgan fingerprint density at radius 2 is 1.74 bits per heavy atom. The van der Waals surface area contributed by atoms with Crippen molar-refractivity contribution in [2.45, 2.75) is 20.3 Å². The van der Waals surface area contributed by atoms with E-state index >= 15 is 0 Å². The van der Waals surface area contributed by atoms with Crippen molar-refractivity contribution >= 4 is 23.1 Å². The van der Waals surface area contributed by atoms with Crippen LogP contribution in [0, 0.1) is 0 Å². The van der Waals surface area contributed by atoms with Gasteiger partial charge in [0.1, 0.15) is 11.5 Å². The average Bonchev–Trinajstić information content (AvgIpc) is 2.68. The van der Waals surface area contributed by atoms with E-state index in [-0.39, 0.29) is 5.91 Å². The predicted molar refractivity (Wildman–Crippen MR) is 112 cm³/mol. The zero-order valence-electron chi connectivity index (χ0n) is 16.7. The molecular formula is C20H30N6O. The van der Waals surface area contributed by atoms with Crippen molar-refractivity contribution in [2.75, 3.05) is 55.8 Å². The van der Waals surface area contributed by atoms with Crippen LogP contribution in [0.2, 0.25) is 0 Å². The summed E-state index contributed by atoms with van der Waals surface area (Å²) in [6.07, 6.45) is 4.10. The van der Waals surface area contributed by atoms with Crippen LogP contribution in [0.3, 0.4) is 0 Å². The van der Waals surface area contributed by atoms with Gasteiger partial charge in [0.2, 0.25) is 0 Å². The van der Waals surface area contributed by atoms with E-state index in [9.17, 15) is 4.79 Å². The van der Waals surface area contributed by atoms with Crippen LogP contribution in [0.4, 0.5) is 17.2 Å². The molecule has 27 heavy (non-hydrogen) atoms. The minimum Gasteiger partial charge on any atom is -0.372 e. The summed E-state index contributed by atoms with van der Waals surface area (Å²) in [7, 11) is 4.09. The van der Waals surface area contributed by atoms with Gasteiger partial charge in [-0.15, -0.1) is 0 Å². The molecule has 0 aliphatic carbocycles. The molecule has 0 saturated carbocycles. The van der Waals surface area contributed by atoms with Crippen LogP contribution in [0.15, 0.2) is 36.7 Å². The maximum Gasteiger partial charge on any atom is 0.275 e. The number of anilines is 3. The van der Waals surface area contributed by atoms with E-state index in [0.29, 0.717) is 11.5 Å². The van der Waals surface area contributed by atoms with Gasteiger partial charge in [-0.05, 0) is 65.2 Å². The van der Waals surface area contributed by atoms with E-state index in [1.54, 1.807) is 6.20 Å². The normalized spacial score (nSPS) is 10.7. The highest BCUT2D eigenvalue weighted by molar-refractivity contribution is 6.02. The van der Waals surface area contributed by atoms with E-state index in [1.165, 1.54) is 6.20 Å². The quantitative estimate of drug-likeness (QED) is 0.627. The maximum atomic E-state index is 12.3. The molecule has 0 aliphatic heterocycles. The Balaban J connectivity index is 1.88. The SMILES string of the molecule is CCN(CC)c1ccc(NC(=O)c2cnc(NCCCN(C)C)cn2)cc1. The lowest BCUT2D eigenvalue weighted by Gasteiger charge is -2.21. The molecule has 2 N–H and O–H groups in total. The Labute approximate surface area is 161 Å². The molecule has 2 aromatic rings. The monoisotopic (exact) mass is 370 g/mol. The maximum absolute atomic E-state index is 12.3. The highest BCUT2D eigenvalue weighted by Crippen LogP contribution is 2.18. The second-order valence-corrected chi connectivity index (χ2v) is 6.54. The topological polar surface area (TPSA) is 73.4 Å². The van der Waals surface area contributed by atoms with Gasteiger partial charge in [-0.1, -0.05) is 0 Å². The number of nitrogens with zero attached hydrogens (tertiary/aromatic N) is 4. The van der Waals surface area contributed by atoms with Gasteiger partial charge in [-0.25, -0.2) is 9.97 Å². The number of carbonyl (C=O) groups is 1.